The third-order valence-electron chi connectivity index (χ3n) is 5.16. The van der Waals surface area contributed by atoms with Crippen molar-refractivity contribution in [3.05, 3.63) is 100 Å². The Morgan fingerprint density at radius 1 is 0.917 bits per heavy atom. The van der Waals surface area contributed by atoms with Gasteiger partial charge in [-0.25, -0.2) is 14.1 Å². The van der Waals surface area contributed by atoms with Gasteiger partial charge in [0.05, 0.1) is 17.9 Å². The predicted octanol–water partition coefficient (Wildman–Crippen LogP) is 4.69. The number of nitrogens with one attached hydrogen (secondary N) is 2. The number of hydrogen-bond acceptors (Lipinski definition) is 6. The van der Waals surface area contributed by atoms with E-state index in [9.17, 15) is 23.6 Å². The molecule has 0 radical (unpaired) electrons. The first-order chi connectivity index (χ1) is 17.3. The first-order valence-corrected chi connectivity index (χ1v) is 11.2. The van der Waals surface area contributed by atoms with E-state index >= 15 is 0 Å². The molecule has 1 heterocycles. The van der Waals surface area contributed by atoms with Crippen molar-refractivity contribution in [2.45, 2.75) is 6.92 Å². The molecule has 0 spiro atoms. The van der Waals surface area contributed by atoms with Gasteiger partial charge >= 0.3 is 5.97 Å². The van der Waals surface area contributed by atoms with Gasteiger partial charge in [0.25, 0.3) is 17.7 Å². The summed E-state index contributed by atoms with van der Waals surface area (Å²) in [5.41, 5.74) is 1.43. The molecule has 0 atom stereocenters. The van der Waals surface area contributed by atoms with Crippen LogP contribution in [0.3, 0.4) is 0 Å². The molecule has 0 saturated heterocycles. The lowest BCUT2D eigenvalue weighted by molar-refractivity contribution is -0.120. The molecular weight excluding hydrogens is 489 g/mol. The molecule has 1 aliphatic heterocycles. The molecule has 10 heteroatoms. The van der Waals surface area contributed by atoms with Crippen molar-refractivity contribution in [3.63, 3.8) is 0 Å². The number of benzene rings is 3. The van der Waals surface area contributed by atoms with Crippen LogP contribution < -0.4 is 15.5 Å². The number of halogens is 2. The number of carbonyl (C=O) groups excluding carboxylic acids is 4. The summed E-state index contributed by atoms with van der Waals surface area (Å²) in [7, 11) is 0. The summed E-state index contributed by atoms with van der Waals surface area (Å²) >= 11 is 6.13. The molecule has 0 aliphatic carbocycles. The van der Waals surface area contributed by atoms with E-state index in [0.29, 0.717) is 16.9 Å². The monoisotopic (exact) mass is 507 g/mol. The van der Waals surface area contributed by atoms with Crippen LogP contribution in [0.1, 0.15) is 27.6 Å². The van der Waals surface area contributed by atoms with E-state index in [-0.39, 0.29) is 28.6 Å². The Hall–Kier alpha value is -4.50. The highest BCUT2D eigenvalue weighted by molar-refractivity contribution is 6.53. The van der Waals surface area contributed by atoms with Crippen molar-refractivity contribution in [1.29, 1.82) is 0 Å². The second kappa shape index (κ2) is 10.4. The lowest BCUT2D eigenvalue weighted by atomic mass is 10.1. The highest BCUT2D eigenvalue weighted by atomic mass is 35.5. The summed E-state index contributed by atoms with van der Waals surface area (Å²) in [6.45, 7) is 1.97. The van der Waals surface area contributed by atoms with Gasteiger partial charge in [0.15, 0.2) is 0 Å². The normalized spacial score (nSPS) is 13.1. The zero-order valence-corrected chi connectivity index (χ0v) is 19.6. The van der Waals surface area contributed by atoms with Gasteiger partial charge in [-0.1, -0.05) is 17.7 Å². The molecule has 3 amide bonds. The fraction of sp³-hybridized carbons (Fsp3) is 0.0769. The van der Waals surface area contributed by atoms with Gasteiger partial charge in [0.1, 0.15) is 16.5 Å². The Balaban J connectivity index is 1.47. The molecule has 4 rings (SSSR count). The highest BCUT2D eigenvalue weighted by Gasteiger charge is 2.39. The second-order valence-electron chi connectivity index (χ2n) is 7.57. The molecule has 3 aromatic carbocycles. The summed E-state index contributed by atoms with van der Waals surface area (Å²) in [6.07, 6.45) is 0. The molecule has 0 unspecified atom stereocenters. The topological polar surface area (TPSA) is 105 Å². The fourth-order valence-corrected chi connectivity index (χ4v) is 3.64. The molecule has 36 heavy (non-hydrogen) atoms. The number of ether oxygens (including phenoxy) is 1. The van der Waals surface area contributed by atoms with Gasteiger partial charge in [-0.15, -0.1) is 0 Å². The van der Waals surface area contributed by atoms with Crippen LogP contribution in [-0.4, -0.2) is 30.3 Å². The van der Waals surface area contributed by atoms with Crippen molar-refractivity contribution in [1.82, 2.24) is 0 Å². The first kappa shape index (κ1) is 24.6. The van der Waals surface area contributed by atoms with E-state index < -0.39 is 29.5 Å². The smallest absolute Gasteiger partial charge is 0.338 e. The van der Waals surface area contributed by atoms with Crippen LogP contribution in [0.2, 0.25) is 0 Å². The number of anilines is 3. The van der Waals surface area contributed by atoms with Gasteiger partial charge in [-0.2, -0.15) is 0 Å². The Morgan fingerprint density at radius 3 is 2.28 bits per heavy atom. The van der Waals surface area contributed by atoms with Crippen molar-refractivity contribution in [2.24, 2.45) is 0 Å². The van der Waals surface area contributed by atoms with E-state index in [0.717, 1.165) is 17.0 Å². The molecule has 3 aromatic rings. The molecule has 0 bridgehead atoms. The number of esters is 1. The Kier molecular flexibility index (Phi) is 7.12. The maximum atomic E-state index is 13.2. The molecule has 182 valence electrons. The van der Waals surface area contributed by atoms with Gasteiger partial charge in [0, 0.05) is 16.9 Å². The van der Waals surface area contributed by atoms with Gasteiger partial charge < -0.3 is 15.4 Å². The average molecular weight is 508 g/mol. The van der Waals surface area contributed by atoms with Crippen LogP contribution in [-0.2, 0) is 14.3 Å². The van der Waals surface area contributed by atoms with E-state index in [2.05, 4.69) is 10.6 Å². The van der Waals surface area contributed by atoms with Crippen LogP contribution in [0, 0.1) is 5.82 Å². The predicted molar refractivity (Wildman–Crippen MR) is 132 cm³/mol. The molecular formula is C26H19ClFN3O5. The van der Waals surface area contributed by atoms with E-state index in [1.54, 1.807) is 37.3 Å². The van der Waals surface area contributed by atoms with Crippen molar-refractivity contribution < 1.29 is 28.3 Å². The van der Waals surface area contributed by atoms with Crippen molar-refractivity contribution in [3.8, 4) is 0 Å². The Morgan fingerprint density at radius 2 is 1.61 bits per heavy atom. The molecule has 1 aliphatic rings. The summed E-state index contributed by atoms with van der Waals surface area (Å²) < 4.78 is 18.2. The van der Waals surface area contributed by atoms with E-state index in [1.165, 1.54) is 30.3 Å². The number of nitrogens with zero attached hydrogens (tertiary/aromatic N) is 1. The standard InChI is InChI=1S/C26H19ClFN3O5/c1-2-36-26(35)15-6-10-18(11-7-15)30-23(32)16-4-3-5-19(14-16)29-22-21(27)24(33)31(25(22)34)20-12-8-17(28)9-13-20/h3-14,29H,2H2,1H3,(H,30,32). The van der Waals surface area contributed by atoms with E-state index in [4.69, 9.17) is 16.3 Å². The van der Waals surface area contributed by atoms with Gasteiger partial charge in [0.2, 0.25) is 0 Å². The zero-order chi connectivity index (χ0) is 25.8. The SMILES string of the molecule is CCOC(=O)c1ccc(NC(=O)c2cccc(NC3=C(Cl)C(=O)N(c4ccc(F)cc4)C3=O)c2)cc1. The summed E-state index contributed by atoms with van der Waals surface area (Å²) in [6, 6.07) is 17.3. The average Bonchev–Trinajstić information content (AvgIpc) is 3.08. The molecule has 2 N–H and O–H groups in total. The minimum Gasteiger partial charge on any atom is -0.462 e. The van der Waals surface area contributed by atoms with Gasteiger partial charge in [-0.3, -0.25) is 14.4 Å². The minimum absolute atomic E-state index is 0.168. The number of carbonyl (C=O) groups is 4. The van der Waals surface area contributed by atoms with Crippen LogP contribution in [0.25, 0.3) is 0 Å². The number of hydrogen-bond donors (Lipinski definition) is 2. The molecule has 0 saturated carbocycles. The van der Waals surface area contributed by atoms with Crippen LogP contribution in [0.5, 0.6) is 0 Å². The Bertz CT molecular complexity index is 1390. The third kappa shape index (κ3) is 5.11. The lowest BCUT2D eigenvalue weighted by Gasteiger charge is -2.15. The Labute approximate surface area is 210 Å². The quantitative estimate of drug-likeness (QED) is 0.355. The van der Waals surface area contributed by atoms with Crippen LogP contribution in [0.15, 0.2) is 83.5 Å². The fourth-order valence-electron chi connectivity index (χ4n) is 3.43. The highest BCUT2D eigenvalue weighted by Crippen LogP contribution is 2.30. The molecule has 0 aromatic heterocycles. The minimum atomic E-state index is -0.754. The largest absolute Gasteiger partial charge is 0.462 e. The second-order valence-corrected chi connectivity index (χ2v) is 7.95. The first-order valence-electron chi connectivity index (χ1n) is 10.8. The van der Waals surface area contributed by atoms with Crippen LogP contribution in [0.4, 0.5) is 21.5 Å². The zero-order valence-electron chi connectivity index (χ0n) is 18.9. The molecule has 0 fully saturated rings. The summed E-state index contributed by atoms with van der Waals surface area (Å²) in [5.74, 6) is -2.88. The maximum Gasteiger partial charge on any atom is 0.338 e. The number of imide groups is 1. The van der Waals surface area contributed by atoms with Crippen molar-refractivity contribution >= 4 is 52.4 Å². The summed E-state index contributed by atoms with van der Waals surface area (Å²) in [4.78, 5) is 50.8. The van der Waals surface area contributed by atoms with Gasteiger partial charge in [-0.05, 0) is 73.7 Å². The summed E-state index contributed by atoms with van der Waals surface area (Å²) in [5, 5.41) is 5.19. The maximum absolute atomic E-state index is 13.2. The van der Waals surface area contributed by atoms with E-state index in [1.807, 2.05) is 0 Å². The third-order valence-corrected chi connectivity index (χ3v) is 5.51. The number of rotatable bonds is 7. The molecule has 8 nitrogen and oxygen atoms in total. The lowest BCUT2D eigenvalue weighted by Crippen LogP contribution is -2.32. The van der Waals surface area contributed by atoms with Crippen LogP contribution >= 0.6 is 11.6 Å². The number of amides is 3. The van der Waals surface area contributed by atoms with Crippen molar-refractivity contribution in [2.75, 3.05) is 22.1 Å².